The molecule has 0 aliphatic carbocycles. The van der Waals surface area contributed by atoms with E-state index in [1.165, 1.54) is 16.9 Å². The van der Waals surface area contributed by atoms with E-state index in [9.17, 15) is 9.90 Å². The molecule has 1 amide bonds. The Hall–Kier alpha value is -1.85. The van der Waals surface area contributed by atoms with Crippen LogP contribution in [0.1, 0.15) is 25.0 Å². The average Bonchev–Trinajstić information content (AvgIpc) is 3.21. The number of thiophene rings is 1. The lowest BCUT2D eigenvalue weighted by Crippen LogP contribution is -2.48. The molecule has 0 bridgehead atoms. The molecule has 2 aromatic rings. The maximum Gasteiger partial charge on any atom is 0.242 e. The van der Waals surface area contributed by atoms with Crippen molar-refractivity contribution >= 4 is 22.9 Å². The summed E-state index contributed by atoms with van der Waals surface area (Å²) < 4.78 is 0. The van der Waals surface area contributed by atoms with Gasteiger partial charge in [0.15, 0.2) is 0 Å². The number of carbonyl (C=O) groups excluding carboxylic acids is 1. The third kappa shape index (κ3) is 3.26. The minimum atomic E-state index is -1.04. The fraction of sp³-hybridized carbons (Fsp3) is 0.389. The Labute approximate surface area is 140 Å². The predicted molar refractivity (Wildman–Crippen MR) is 93.9 cm³/mol. The second kappa shape index (κ2) is 6.34. The molecule has 0 radical (unpaired) electrons. The molecule has 2 N–H and O–H groups in total. The highest BCUT2D eigenvalue weighted by Gasteiger charge is 2.29. The predicted octanol–water partition coefficient (Wildman–Crippen LogP) is 2.52. The van der Waals surface area contributed by atoms with Crippen molar-refractivity contribution in [1.82, 2.24) is 5.32 Å². The maximum atomic E-state index is 12.5. The first-order valence-electron chi connectivity index (χ1n) is 7.86. The number of aliphatic hydroxyl groups is 1. The molecular formula is C18H22N2O2S. The Kier molecular flexibility index (Phi) is 4.41. The van der Waals surface area contributed by atoms with Gasteiger partial charge in [-0.2, -0.15) is 11.3 Å². The SMILES string of the molecule is C[C@H](C(=O)NC[C@@](C)(O)c1ccsc1)N1CCc2ccccc21. The summed E-state index contributed by atoms with van der Waals surface area (Å²) in [4.78, 5) is 14.6. The summed E-state index contributed by atoms with van der Waals surface area (Å²) in [6, 6.07) is 9.84. The Morgan fingerprint density at radius 3 is 2.96 bits per heavy atom. The Bertz CT molecular complexity index is 682. The first-order chi connectivity index (χ1) is 11.0. The van der Waals surface area contributed by atoms with Crippen molar-refractivity contribution in [3.8, 4) is 0 Å². The summed E-state index contributed by atoms with van der Waals surface area (Å²) >= 11 is 1.54. The molecule has 1 aliphatic rings. The van der Waals surface area contributed by atoms with Crippen molar-refractivity contribution < 1.29 is 9.90 Å². The lowest BCUT2D eigenvalue weighted by Gasteiger charge is -2.28. The van der Waals surface area contributed by atoms with E-state index in [2.05, 4.69) is 22.3 Å². The molecule has 1 aromatic heterocycles. The summed E-state index contributed by atoms with van der Waals surface area (Å²) in [6.45, 7) is 4.71. The number of rotatable bonds is 5. The van der Waals surface area contributed by atoms with Gasteiger partial charge in [0.1, 0.15) is 11.6 Å². The summed E-state index contributed by atoms with van der Waals surface area (Å²) in [5.74, 6) is -0.0581. The minimum absolute atomic E-state index is 0.0581. The number of para-hydroxylation sites is 1. The summed E-state index contributed by atoms with van der Waals surface area (Å²) in [5, 5.41) is 17.2. The minimum Gasteiger partial charge on any atom is -0.384 e. The summed E-state index contributed by atoms with van der Waals surface area (Å²) in [6.07, 6.45) is 0.973. The van der Waals surface area contributed by atoms with Crippen LogP contribution >= 0.6 is 11.3 Å². The molecule has 5 heteroatoms. The average molecular weight is 330 g/mol. The number of anilines is 1. The van der Waals surface area contributed by atoms with Gasteiger partial charge in [-0.05, 0) is 54.3 Å². The van der Waals surface area contributed by atoms with E-state index in [4.69, 9.17) is 0 Å². The molecule has 2 heterocycles. The fourth-order valence-electron chi connectivity index (χ4n) is 2.99. The van der Waals surface area contributed by atoms with Gasteiger partial charge in [0, 0.05) is 12.2 Å². The molecule has 1 aliphatic heterocycles. The Morgan fingerprint density at radius 2 is 2.22 bits per heavy atom. The first-order valence-corrected chi connectivity index (χ1v) is 8.80. The first kappa shape index (κ1) is 16.0. The smallest absolute Gasteiger partial charge is 0.242 e. The van der Waals surface area contributed by atoms with E-state index in [1.54, 1.807) is 6.92 Å². The number of nitrogens with one attached hydrogen (secondary N) is 1. The third-order valence-corrected chi connectivity index (χ3v) is 5.20. The number of amides is 1. The second-order valence-electron chi connectivity index (χ2n) is 6.25. The van der Waals surface area contributed by atoms with Gasteiger partial charge in [-0.15, -0.1) is 0 Å². The zero-order valence-corrected chi connectivity index (χ0v) is 14.3. The van der Waals surface area contributed by atoms with Gasteiger partial charge in [-0.25, -0.2) is 0 Å². The van der Waals surface area contributed by atoms with E-state index >= 15 is 0 Å². The fourth-order valence-corrected chi connectivity index (χ4v) is 3.77. The highest BCUT2D eigenvalue weighted by molar-refractivity contribution is 7.08. The number of nitrogens with zero attached hydrogens (tertiary/aromatic N) is 1. The second-order valence-corrected chi connectivity index (χ2v) is 7.03. The van der Waals surface area contributed by atoms with Crippen molar-refractivity contribution in [1.29, 1.82) is 0 Å². The molecule has 0 unspecified atom stereocenters. The van der Waals surface area contributed by atoms with Crippen LogP contribution in [0.25, 0.3) is 0 Å². The number of benzene rings is 1. The van der Waals surface area contributed by atoms with Crippen LogP contribution in [0.3, 0.4) is 0 Å². The van der Waals surface area contributed by atoms with Crippen LogP contribution in [0.5, 0.6) is 0 Å². The summed E-state index contributed by atoms with van der Waals surface area (Å²) in [5.41, 5.74) is 2.22. The van der Waals surface area contributed by atoms with E-state index in [0.29, 0.717) is 0 Å². The van der Waals surface area contributed by atoms with Gasteiger partial charge in [0.05, 0.1) is 6.54 Å². The Balaban J connectivity index is 1.63. The van der Waals surface area contributed by atoms with E-state index in [0.717, 1.165) is 24.2 Å². The Morgan fingerprint density at radius 1 is 1.43 bits per heavy atom. The molecule has 0 spiro atoms. The van der Waals surface area contributed by atoms with Crippen LogP contribution in [0.4, 0.5) is 5.69 Å². The maximum absolute atomic E-state index is 12.5. The third-order valence-electron chi connectivity index (χ3n) is 4.52. The largest absolute Gasteiger partial charge is 0.384 e. The van der Waals surface area contributed by atoms with Gasteiger partial charge >= 0.3 is 0 Å². The van der Waals surface area contributed by atoms with E-state index < -0.39 is 5.60 Å². The van der Waals surface area contributed by atoms with Crippen molar-refractivity contribution in [3.05, 3.63) is 52.2 Å². The zero-order chi connectivity index (χ0) is 16.4. The van der Waals surface area contributed by atoms with Gasteiger partial charge in [-0.3, -0.25) is 4.79 Å². The van der Waals surface area contributed by atoms with Crippen molar-refractivity contribution in [3.63, 3.8) is 0 Å². The molecule has 2 atom stereocenters. The quantitative estimate of drug-likeness (QED) is 0.886. The van der Waals surface area contributed by atoms with E-state index in [1.807, 2.05) is 35.9 Å². The zero-order valence-electron chi connectivity index (χ0n) is 13.5. The molecule has 4 nitrogen and oxygen atoms in total. The molecule has 23 heavy (non-hydrogen) atoms. The highest BCUT2D eigenvalue weighted by Crippen LogP contribution is 2.29. The molecule has 3 rings (SSSR count). The normalized spacial score (nSPS) is 17.4. The van der Waals surface area contributed by atoms with Crippen LogP contribution < -0.4 is 10.2 Å². The molecule has 1 aromatic carbocycles. The van der Waals surface area contributed by atoms with Crippen molar-refractivity contribution in [2.45, 2.75) is 31.9 Å². The highest BCUT2D eigenvalue weighted by atomic mass is 32.1. The number of hydrogen-bond acceptors (Lipinski definition) is 4. The molecule has 0 saturated carbocycles. The lowest BCUT2D eigenvalue weighted by atomic mass is 9.99. The van der Waals surface area contributed by atoms with Gasteiger partial charge < -0.3 is 15.3 Å². The molecule has 0 fully saturated rings. The van der Waals surface area contributed by atoms with Crippen LogP contribution in [0.15, 0.2) is 41.1 Å². The standard InChI is InChI=1S/C18H22N2O2S/c1-13(20-9-7-14-5-3-4-6-16(14)20)17(21)19-12-18(2,22)15-8-10-23-11-15/h3-6,8,10-11,13,22H,7,9,12H2,1-2H3,(H,19,21)/t13-,18-/m1/s1. The van der Waals surface area contributed by atoms with Crippen LogP contribution in [0, 0.1) is 0 Å². The van der Waals surface area contributed by atoms with Crippen LogP contribution in [0.2, 0.25) is 0 Å². The van der Waals surface area contributed by atoms with Crippen LogP contribution in [-0.2, 0) is 16.8 Å². The number of fused-ring (bicyclic) bond motifs is 1. The molecular weight excluding hydrogens is 308 g/mol. The number of hydrogen-bond donors (Lipinski definition) is 2. The van der Waals surface area contributed by atoms with E-state index in [-0.39, 0.29) is 18.5 Å². The molecule has 0 saturated heterocycles. The van der Waals surface area contributed by atoms with Gasteiger partial charge in [-0.1, -0.05) is 18.2 Å². The molecule has 122 valence electrons. The lowest BCUT2D eigenvalue weighted by molar-refractivity contribution is -0.123. The van der Waals surface area contributed by atoms with Crippen LogP contribution in [-0.4, -0.2) is 30.1 Å². The van der Waals surface area contributed by atoms with Crippen molar-refractivity contribution in [2.24, 2.45) is 0 Å². The van der Waals surface area contributed by atoms with Gasteiger partial charge in [0.2, 0.25) is 5.91 Å². The van der Waals surface area contributed by atoms with Gasteiger partial charge in [0.25, 0.3) is 0 Å². The van der Waals surface area contributed by atoms with Crippen molar-refractivity contribution in [2.75, 3.05) is 18.0 Å². The topological polar surface area (TPSA) is 52.6 Å². The number of carbonyl (C=O) groups is 1. The summed E-state index contributed by atoms with van der Waals surface area (Å²) in [7, 11) is 0. The monoisotopic (exact) mass is 330 g/mol.